The van der Waals surface area contributed by atoms with Crippen LogP contribution in [0.25, 0.3) is 11.3 Å². The summed E-state index contributed by atoms with van der Waals surface area (Å²) in [6.45, 7) is 1.61. The van der Waals surface area contributed by atoms with E-state index in [4.69, 9.17) is 9.52 Å². The topological polar surface area (TPSA) is 53.7 Å². The van der Waals surface area contributed by atoms with Crippen molar-refractivity contribution in [3.63, 3.8) is 0 Å². The summed E-state index contributed by atoms with van der Waals surface area (Å²) < 4.78 is 5.81. The molecule has 1 saturated heterocycles. The largest absolute Gasteiger partial charge is 0.461 e. The van der Waals surface area contributed by atoms with Crippen LogP contribution in [-0.4, -0.2) is 35.6 Å². The predicted molar refractivity (Wildman–Crippen MR) is 84.2 cm³/mol. The highest BCUT2D eigenvalue weighted by molar-refractivity contribution is 5.76. The number of rotatable bonds is 5. The summed E-state index contributed by atoms with van der Waals surface area (Å²) in [5, 5.41) is 9.13. The van der Waals surface area contributed by atoms with Gasteiger partial charge in [-0.2, -0.15) is 0 Å². The van der Waals surface area contributed by atoms with Gasteiger partial charge < -0.3 is 14.4 Å². The van der Waals surface area contributed by atoms with Crippen LogP contribution in [0.2, 0.25) is 0 Å². The third-order valence-electron chi connectivity index (χ3n) is 4.20. The molecule has 116 valence electrons. The van der Waals surface area contributed by atoms with Gasteiger partial charge in [-0.1, -0.05) is 30.3 Å². The third-order valence-corrected chi connectivity index (χ3v) is 4.20. The number of likely N-dealkylation sites (tertiary alicyclic amines) is 1. The minimum absolute atomic E-state index is 0.147. The van der Waals surface area contributed by atoms with Gasteiger partial charge in [0.1, 0.15) is 11.5 Å². The number of hydrogen-bond donors (Lipinski definition) is 1. The number of hydrogen-bond acceptors (Lipinski definition) is 3. The summed E-state index contributed by atoms with van der Waals surface area (Å²) in [7, 11) is 0. The molecule has 2 heterocycles. The van der Waals surface area contributed by atoms with Crippen molar-refractivity contribution >= 4 is 5.91 Å². The van der Waals surface area contributed by atoms with Crippen molar-refractivity contribution in [1.82, 2.24) is 4.90 Å². The lowest BCUT2D eigenvalue weighted by atomic mass is 10.1. The van der Waals surface area contributed by atoms with E-state index < -0.39 is 0 Å². The zero-order valence-electron chi connectivity index (χ0n) is 12.6. The van der Waals surface area contributed by atoms with E-state index in [2.05, 4.69) is 0 Å². The molecule has 1 atom stereocenters. The smallest absolute Gasteiger partial charge is 0.223 e. The van der Waals surface area contributed by atoms with Crippen molar-refractivity contribution in [3.05, 3.63) is 48.2 Å². The van der Waals surface area contributed by atoms with Crippen molar-refractivity contribution in [3.8, 4) is 11.3 Å². The lowest BCUT2D eigenvalue weighted by Crippen LogP contribution is -2.29. The van der Waals surface area contributed by atoms with Crippen molar-refractivity contribution in [1.29, 1.82) is 0 Å². The van der Waals surface area contributed by atoms with Crippen molar-refractivity contribution in [2.75, 3.05) is 19.7 Å². The minimum Gasteiger partial charge on any atom is -0.461 e. The monoisotopic (exact) mass is 299 g/mol. The van der Waals surface area contributed by atoms with Crippen molar-refractivity contribution in [2.24, 2.45) is 5.92 Å². The summed E-state index contributed by atoms with van der Waals surface area (Å²) in [5.74, 6) is 2.07. The van der Waals surface area contributed by atoms with Gasteiger partial charge in [0.05, 0.1) is 0 Å². The molecule has 22 heavy (non-hydrogen) atoms. The molecular formula is C18H21NO3. The zero-order valence-corrected chi connectivity index (χ0v) is 12.6. The van der Waals surface area contributed by atoms with Crippen LogP contribution in [0.4, 0.5) is 0 Å². The van der Waals surface area contributed by atoms with Crippen molar-refractivity contribution < 1.29 is 14.3 Å². The molecule has 1 amide bonds. The molecule has 4 nitrogen and oxygen atoms in total. The van der Waals surface area contributed by atoms with E-state index in [1.54, 1.807) is 0 Å². The lowest BCUT2D eigenvalue weighted by Gasteiger charge is -2.15. The SMILES string of the molecule is O=C(CCc1ccc(-c2ccccc2)o1)N1CCC(CO)C1. The second-order valence-corrected chi connectivity index (χ2v) is 5.81. The van der Waals surface area contributed by atoms with E-state index in [1.165, 1.54) is 0 Å². The molecule has 0 saturated carbocycles. The average Bonchev–Trinajstić information content (AvgIpc) is 3.22. The fourth-order valence-corrected chi connectivity index (χ4v) is 2.87. The Morgan fingerprint density at radius 1 is 1.23 bits per heavy atom. The summed E-state index contributed by atoms with van der Waals surface area (Å²) in [5.41, 5.74) is 1.05. The van der Waals surface area contributed by atoms with Gasteiger partial charge >= 0.3 is 0 Å². The minimum atomic E-state index is 0.147. The Balaban J connectivity index is 1.54. The van der Waals surface area contributed by atoms with E-state index in [0.717, 1.165) is 30.0 Å². The number of carbonyl (C=O) groups excluding carboxylic acids is 1. The quantitative estimate of drug-likeness (QED) is 0.923. The Morgan fingerprint density at radius 3 is 2.77 bits per heavy atom. The molecule has 0 radical (unpaired) electrons. The summed E-state index contributed by atoms with van der Waals surface area (Å²) in [6, 6.07) is 13.8. The van der Waals surface area contributed by atoms with E-state index in [9.17, 15) is 4.79 Å². The van der Waals surface area contributed by atoms with E-state index >= 15 is 0 Å². The highest BCUT2D eigenvalue weighted by atomic mass is 16.3. The van der Waals surface area contributed by atoms with Crippen LogP contribution in [0.15, 0.2) is 46.9 Å². The van der Waals surface area contributed by atoms with Crippen LogP contribution in [0, 0.1) is 5.92 Å². The molecule has 1 N–H and O–H groups in total. The Bertz CT molecular complexity index is 620. The molecule has 3 rings (SSSR count). The molecule has 1 aromatic carbocycles. The number of furan rings is 1. The van der Waals surface area contributed by atoms with E-state index in [1.807, 2.05) is 47.4 Å². The fourth-order valence-electron chi connectivity index (χ4n) is 2.87. The van der Waals surface area contributed by atoms with Crippen LogP contribution < -0.4 is 0 Å². The number of aliphatic hydroxyl groups excluding tert-OH is 1. The summed E-state index contributed by atoms with van der Waals surface area (Å²) >= 11 is 0. The highest BCUT2D eigenvalue weighted by Crippen LogP contribution is 2.23. The Labute approximate surface area is 130 Å². The second kappa shape index (κ2) is 6.79. The van der Waals surface area contributed by atoms with Crippen molar-refractivity contribution in [2.45, 2.75) is 19.3 Å². The molecule has 1 unspecified atom stereocenters. The maximum Gasteiger partial charge on any atom is 0.223 e. The Kier molecular flexibility index (Phi) is 4.59. The fraction of sp³-hybridized carbons (Fsp3) is 0.389. The van der Waals surface area contributed by atoms with Crippen LogP contribution in [-0.2, 0) is 11.2 Å². The highest BCUT2D eigenvalue weighted by Gasteiger charge is 2.25. The Morgan fingerprint density at radius 2 is 2.05 bits per heavy atom. The summed E-state index contributed by atoms with van der Waals surface area (Å²) in [6.07, 6.45) is 1.98. The molecule has 1 aliphatic rings. The van der Waals surface area contributed by atoms with Crippen LogP contribution in [0.5, 0.6) is 0 Å². The number of carbonyl (C=O) groups is 1. The molecule has 0 spiro atoms. The average molecular weight is 299 g/mol. The molecule has 1 fully saturated rings. The third kappa shape index (κ3) is 3.39. The van der Waals surface area contributed by atoms with Crippen LogP contribution in [0.3, 0.4) is 0 Å². The second-order valence-electron chi connectivity index (χ2n) is 5.81. The van der Waals surface area contributed by atoms with Gasteiger partial charge in [0.25, 0.3) is 0 Å². The molecule has 1 aromatic heterocycles. The first-order valence-electron chi connectivity index (χ1n) is 7.79. The maximum atomic E-state index is 12.2. The van der Waals surface area contributed by atoms with Gasteiger partial charge in [-0.3, -0.25) is 4.79 Å². The molecule has 0 aliphatic carbocycles. The molecule has 1 aliphatic heterocycles. The zero-order chi connectivity index (χ0) is 15.4. The van der Waals surface area contributed by atoms with Gasteiger partial charge in [0.15, 0.2) is 0 Å². The Hall–Kier alpha value is -2.07. The maximum absolute atomic E-state index is 12.2. The number of nitrogens with zero attached hydrogens (tertiary/aromatic N) is 1. The first kappa shape index (κ1) is 14.9. The predicted octanol–water partition coefficient (Wildman–Crippen LogP) is 2.72. The molecule has 4 heteroatoms. The first-order valence-corrected chi connectivity index (χ1v) is 7.79. The van der Waals surface area contributed by atoms with Gasteiger partial charge in [0, 0.05) is 44.0 Å². The normalized spacial score (nSPS) is 17.9. The van der Waals surface area contributed by atoms with Crippen LogP contribution >= 0.6 is 0 Å². The lowest BCUT2D eigenvalue weighted by molar-refractivity contribution is -0.130. The number of aliphatic hydroxyl groups is 1. The molecular weight excluding hydrogens is 278 g/mol. The van der Waals surface area contributed by atoms with Crippen LogP contribution in [0.1, 0.15) is 18.6 Å². The van der Waals surface area contributed by atoms with Gasteiger partial charge in [0.2, 0.25) is 5.91 Å². The molecule has 2 aromatic rings. The van der Waals surface area contributed by atoms with E-state index in [-0.39, 0.29) is 18.4 Å². The van der Waals surface area contributed by atoms with Gasteiger partial charge in [-0.05, 0) is 18.6 Å². The first-order chi connectivity index (χ1) is 10.8. The number of aryl methyl sites for hydroxylation is 1. The standard InChI is InChI=1S/C18H21NO3/c20-13-14-10-11-19(12-14)18(21)9-7-16-6-8-17(22-16)15-4-2-1-3-5-15/h1-6,8,14,20H,7,9-13H2. The van der Waals surface area contributed by atoms with E-state index in [0.29, 0.717) is 19.4 Å². The number of amides is 1. The number of benzene rings is 1. The van der Waals surface area contributed by atoms with Gasteiger partial charge in [-0.15, -0.1) is 0 Å². The van der Waals surface area contributed by atoms with Gasteiger partial charge in [-0.25, -0.2) is 0 Å². The summed E-state index contributed by atoms with van der Waals surface area (Å²) in [4.78, 5) is 14.0. The molecule has 0 bridgehead atoms.